The van der Waals surface area contributed by atoms with Gasteiger partial charge in [-0.25, -0.2) is 4.79 Å². The summed E-state index contributed by atoms with van der Waals surface area (Å²) in [7, 11) is 0. The summed E-state index contributed by atoms with van der Waals surface area (Å²) in [5.41, 5.74) is -2.18. The van der Waals surface area contributed by atoms with Gasteiger partial charge in [0.05, 0.1) is 5.60 Å². The Morgan fingerprint density at radius 1 is 1.35 bits per heavy atom. The minimum Gasteiger partial charge on any atom is -0.457 e. The van der Waals surface area contributed by atoms with Gasteiger partial charge in [0, 0.05) is 12.3 Å². The fourth-order valence-corrected chi connectivity index (χ4v) is 4.48. The van der Waals surface area contributed by atoms with Gasteiger partial charge in [0.25, 0.3) is 0 Å². The molecule has 0 aromatic rings. The van der Waals surface area contributed by atoms with E-state index in [1.165, 1.54) is 0 Å². The lowest BCUT2D eigenvalue weighted by molar-refractivity contribution is -0.203. The number of ether oxygens (including phenoxy) is 2. The summed E-state index contributed by atoms with van der Waals surface area (Å²) in [5.74, 6) is -0.313. The average Bonchev–Trinajstić information content (AvgIpc) is 2.79. The average molecular weight is 280 g/mol. The quantitative estimate of drug-likeness (QED) is 0.547. The molecule has 4 atom stereocenters. The summed E-state index contributed by atoms with van der Waals surface area (Å²) >= 11 is 0. The smallest absolute Gasteiger partial charge is 0.347 e. The van der Waals surface area contributed by atoms with E-state index in [4.69, 9.17) is 9.47 Å². The number of fused-ring (bicyclic) bond motifs is 1. The van der Waals surface area contributed by atoms with E-state index in [0.717, 1.165) is 25.7 Å². The maximum atomic E-state index is 12.7. The number of hydrogen-bond donors (Lipinski definition) is 0. The molecule has 3 aliphatic rings. The van der Waals surface area contributed by atoms with E-state index in [9.17, 15) is 9.59 Å². The van der Waals surface area contributed by atoms with Crippen LogP contribution in [0, 0.1) is 11.8 Å². The summed E-state index contributed by atoms with van der Waals surface area (Å²) in [6.45, 7) is 7.46. The number of ketones is 1. The molecule has 3 fully saturated rings. The van der Waals surface area contributed by atoms with Crippen LogP contribution in [0.1, 0.15) is 59.8 Å². The molecule has 0 amide bonds. The summed E-state index contributed by atoms with van der Waals surface area (Å²) in [4.78, 5) is 25.2. The number of Topliss-reactive ketones (excluding diaryl/α,β-unsaturated/α-hetero) is 1. The van der Waals surface area contributed by atoms with Crippen LogP contribution in [0.4, 0.5) is 0 Å². The maximum absolute atomic E-state index is 12.7. The zero-order valence-electron chi connectivity index (χ0n) is 12.8. The molecular formula is C16H24O4. The van der Waals surface area contributed by atoms with Gasteiger partial charge in [0.1, 0.15) is 5.60 Å². The molecule has 2 saturated heterocycles. The van der Waals surface area contributed by atoms with Crippen molar-refractivity contribution in [3.8, 4) is 0 Å². The van der Waals surface area contributed by atoms with Crippen molar-refractivity contribution in [1.29, 1.82) is 0 Å². The van der Waals surface area contributed by atoms with Gasteiger partial charge in [-0.05, 0) is 46.0 Å². The Morgan fingerprint density at radius 2 is 2.05 bits per heavy atom. The van der Waals surface area contributed by atoms with Gasteiger partial charge in [0.15, 0.2) is 5.78 Å². The summed E-state index contributed by atoms with van der Waals surface area (Å²) in [6, 6.07) is 0. The Bertz CT molecular complexity index is 464. The predicted molar refractivity (Wildman–Crippen MR) is 73.1 cm³/mol. The number of carbonyl (C=O) groups excluding carboxylic acids is 2. The molecule has 4 unspecified atom stereocenters. The molecule has 0 aromatic carbocycles. The highest BCUT2D eigenvalue weighted by molar-refractivity contribution is 6.09. The Labute approximate surface area is 120 Å². The molecule has 0 aromatic heterocycles. The van der Waals surface area contributed by atoms with Crippen LogP contribution in [0.3, 0.4) is 0 Å². The summed E-state index contributed by atoms with van der Waals surface area (Å²) in [6.07, 6.45) is 4.37. The molecular weight excluding hydrogens is 256 g/mol. The Kier molecular flexibility index (Phi) is 2.85. The van der Waals surface area contributed by atoms with Gasteiger partial charge in [-0.1, -0.05) is 13.3 Å². The van der Waals surface area contributed by atoms with Crippen molar-refractivity contribution in [2.75, 3.05) is 0 Å². The van der Waals surface area contributed by atoms with Crippen molar-refractivity contribution in [1.82, 2.24) is 0 Å². The molecule has 1 saturated carbocycles. The van der Waals surface area contributed by atoms with E-state index in [2.05, 4.69) is 0 Å². The first kappa shape index (κ1) is 14.1. The highest BCUT2D eigenvalue weighted by Crippen LogP contribution is 2.60. The standard InChI is InChI=1S/C16H24O4/c1-10-11-6-5-8-15(11)9-7-12(17)16(10,20-15)13(18)19-14(2,3)4/h10-11H,5-9H2,1-4H3. The highest BCUT2D eigenvalue weighted by atomic mass is 16.6. The van der Waals surface area contributed by atoms with E-state index in [1.807, 2.05) is 27.7 Å². The minimum atomic E-state index is -1.34. The second-order valence-corrected chi connectivity index (χ2v) is 7.61. The van der Waals surface area contributed by atoms with E-state index in [1.54, 1.807) is 0 Å². The van der Waals surface area contributed by atoms with Gasteiger partial charge < -0.3 is 9.47 Å². The van der Waals surface area contributed by atoms with E-state index >= 15 is 0 Å². The molecule has 20 heavy (non-hydrogen) atoms. The third-order valence-corrected chi connectivity index (χ3v) is 5.29. The Hall–Kier alpha value is -0.900. The monoisotopic (exact) mass is 280 g/mol. The number of hydrogen-bond acceptors (Lipinski definition) is 4. The molecule has 3 rings (SSSR count). The number of esters is 1. The fourth-order valence-electron chi connectivity index (χ4n) is 4.48. The third kappa shape index (κ3) is 1.70. The van der Waals surface area contributed by atoms with Gasteiger partial charge in [-0.3, -0.25) is 4.79 Å². The summed E-state index contributed by atoms with van der Waals surface area (Å²) in [5, 5.41) is 0. The lowest BCUT2D eigenvalue weighted by Gasteiger charge is -2.38. The van der Waals surface area contributed by atoms with Crippen LogP contribution in [0.2, 0.25) is 0 Å². The Morgan fingerprint density at radius 3 is 2.70 bits per heavy atom. The first-order valence-electron chi connectivity index (χ1n) is 7.68. The van der Waals surface area contributed by atoms with Crippen LogP contribution >= 0.6 is 0 Å². The fraction of sp³-hybridized carbons (Fsp3) is 0.875. The van der Waals surface area contributed by atoms with Crippen LogP contribution < -0.4 is 0 Å². The van der Waals surface area contributed by atoms with E-state index in [0.29, 0.717) is 12.3 Å². The first-order chi connectivity index (χ1) is 9.21. The molecule has 2 aliphatic heterocycles. The van der Waals surface area contributed by atoms with Crippen molar-refractivity contribution < 1.29 is 19.1 Å². The van der Waals surface area contributed by atoms with Crippen molar-refractivity contribution >= 4 is 11.8 Å². The van der Waals surface area contributed by atoms with Crippen molar-refractivity contribution in [3.05, 3.63) is 0 Å². The van der Waals surface area contributed by atoms with Crippen LogP contribution in [-0.2, 0) is 19.1 Å². The topological polar surface area (TPSA) is 52.6 Å². The zero-order valence-corrected chi connectivity index (χ0v) is 12.8. The van der Waals surface area contributed by atoms with Crippen molar-refractivity contribution in [2.45, 2.75) is 76.6 Å². The maximum Gasteiger partial charge on any atom is 0.347 e. The molecule has 2 bridgehead atoms. The first-order valence-corrected chi connectivity index (χ1v) is 7.68. The number of rotatable bonds is 1. The third-order valence-electron chi connectivity index (χ3n) is 5.29. The van der Waals surface area contributed by atoms with Crippen LogP contribution in [0.5, 0.6) is 0 Å². The normalized spacial score (nSPS) is 43.5. The van der Waals surface area contributed by atoms with Crippen LogP contribution in [0.25, 0.3) is 0 Å². The molecule has 4 nitrogen and oxygen atoms in total. The molecule has 112 valence electrons. The van der Waals surface area contributed by atoms with Gasteiger partial charge in [0.2, 0.25) is 5.60 Å². The molecule has 2 heterocycles. The number of carbonyl (C=O) groups is 2. The van der Waals surface area contributed by atoms with Crippen LogP contribution in [0.15, 0.2) is 0 Å². The molecule has 1 spiro atoms. The van der Waals surface area contributed by atoms with Crippen molar-refractivity contribution in [3.63, 3.8) is 0 Å². The second kappa shape index (κ2) is 4.06. The van der Waals surface area contributed by atoms with Gasteiger partial charge >= 0.3 is 5.97 Å². The highest BCUT2D eigenvalue weighted by Gasteiger charge is 2.71. The van der Waals surface area contributed by atoms with E-state index in [-0.39, 0.29) is 17.3 Å². The predicted octanol–water partition coefficient (Wildman–Crippen LogP) is 2.64. The van der Waals surface area contributed by atoms with E-state index < -0.39 is 17.2 Å². The zero-order chi connectivity index (χ0) is 14.8. The lowest BCUT2D eigenvalue weighted by Crippen LogP contribution is -2.56. The largest absolute Gasteiger partial charge is 0.457 e. The molecule has 0 N–H and O–H groups in total. The lowest BCUT2D eigenvalue weighted by atomic mass is 9.78. The SMILES string of the molecule is CC1C2CCCC23CCC(=O)C1(C(=O)OC(C)(C)C)O3. The van der Waals surface area contributed by atoms with Gasteiger partial charge in [-0.15, -0.1) is 0 Å². The summed E-state index contributed by atoms with van der Waals surface area (Å²) < 4.78 is 11.7. The molecule has 1 aliphatic carbocycles. The van der Waals surface area contributed by atoms with Gasteiger partial charge in [-0.2, -0.15) is 0 Å². The minimum absolute atomic E-state index is 0.0742. The molecule has 4 heteroatoms. The van der Waals surface area contributed by atoms with Crippen LogP contribution in [-0.4, -0.2) is 28.6 Å². The van der Waals surface area contributed by atoms with Crippen molar-refractivity contribution in [2.24, 2.45) is 11.8 Å². The Balaban J connectivity index is 1.98. The molecule has 0 radical (unpaired) electrons. The second-order valence-electron chi connectivity index (χ2n) is 7.61.